The van der Waals surface area contributed by atoms with Crippen molar-refractivity contribution in [3.8, 4) is 11.3 Å². The second kappa shape index (κ2) is 7.97. The van der Waals surface area contributed by atoms with Gasteiger partial charge < -0.3 is 15.2 Å². The third kappa shape index (κ3) is 4.18. The van der Waals surface area contributed by atoms with Gasteiger partial charge in [0.1, 0.15) is 5.56 Å². The molecule has 2 aromatic carbocycles. The van der Waals surface area contributed by atoms with Gasteiger partial charge in [0.15, 0.2) is 0 Å². The number of carbonyl (C=O) groups excluding carboxylic acids is 1. The van der Waals surface area contributed by atoms with E-state index in [4.69, 9.17) is 0 Å². The summed E-state index contributed by atoms with van der Waals surface area (Å²) in [6.07, 6.45) is 0.839. The first-order valence-corrected chi connectivity index (χ1v) is 8.70. The van der Waals surface area contributed by atoms with Crippen molar-refractivity contribution in [3.05, 3.63) is 70.5 Å². The van der Waals surface area contributed by atoms with Crippen molar-refractivity contribution in [3.63, 3.8) is 0 Å². The van der Waals surface area contributed by atoms with E-state index in [-0.39, 0.29) is 17.0 Å². The molecular formula is C21H23N3O2. The maximum absolute atomic E-state index is 12.3. The van der Waals surface area contributed by atoms with Gasteiger partial charge in [-0.15, -0.1) is 0 Å². The van der Waals surface area contributed by atoms with Crippen LogP contribution in [0.25, 0.3) is 22.0 Å². The lowest BCUT2D eigenvalue weighted by Gasteiger charge is -2.10. The third-order valence-electron chi connectivity index (χ3n) is 4.28. The molecule has 26 heavy (non-hydrogen) atoms. The van der Waals surface area contributed by atoms with E-state index in [0.717, 1.165) is 29.3 Å². The highest BCUT2D eigenvalue weighted by molar-refractivity contribution is 5.94. The molecule has 0 spiro atoms. The summed E-state index contributed by atoms with van der Waals surface area (Å²) in [6, 6.07) is 17.4. The Hall–Kier alpha value is -2.92. The van der Waals surface area contributed by atoms with Crippen LogP contribution in [-0.2, 0) is 0 Å². The molecule has 0 bridgehead atoms. The Labute approximate surface area is 152 Å². The lowest BCUT2D eigenvalue weighted by atomic mass is 10.0. The molecule has 0 atom stereocenters. The van der Waals surface area contributed by atoms with Gasteiger partial charge in [-0.05, 0) is 61.6 Å². The lowest BCUT2D eigenvalue weighted by Crippen LogP contribution is -2.31. The largest absolute Gasteiger partial charge is 0.352 e. The van der Waals surface area contributed by atoms with Crippen LogP contribution < -0.4 is 10.9 Å². The Morgan fingerprint density at radius 3 is 2.54 bits per heavy atom. The van der Waals surface area contributed by atoms with E-state index in [1.54, 1.807) is 12.1 Å². The van der Waals surface area contributed by atoms with E-state index in [2.05, 4.69) is 15.2 Å². The molecule has 3 rings (SSSR count). The third-order valence-corrected chi connectivity index (χ3v) is 4.28. The summed E-state index contributed by atoms with van der Waals surface area (Å²) in [7, 11) is 3.97. The number of hydrogen-bond donors (Lipinski definition) is 2. The monoisotopic (exact) mass is 349 g/mol. The molecule has 5 nitrogen and oxygen atoms in total. The van der Waals surface area contributed by atoms with Crippen LogP contribution in [0.2, 0.25) is 0 Å². The summed E-state index contributed by atoms with van der Waals surface area (Å²) in [6.45, 7) is 1.43. The number of hydrogen-bond acceptors (Lipinski definition) is 3. The minimum absolute atomic E-state index is 0.138. The maximum Gasteiger partial charge on any atom is 0.261 e. The number of aromatic amines is 1. The van der Waals surface area contributed by atoms with Gasteiger partial charge in [0.05, 0.1) is 0 Å². The topological polar surface area (TPSA) is 65.2 Å². The number of rotatable bonds is 6. The number of benzene rings is 2. The maximum atomic E-state index is 12.3. The van der Waals surface area contributed by atoms with Crippen LogP contribution in [-0.4, -0.2) is 43.0 Å². The average molecular weight is 349 g/mol. The summed E-state index contributed by atoms with van der Waals surface area (Å²) in [5, 5.41) is 5.04. The van der Waals surface area contributed by atoms with Crippen molar-refractivity contribution < 1.29 is 4.79 Å². The summed E-state index contributed by atoms with van der Waals surface area (Å²) in [5.74, 6) is -0.338. The Balaban J connectivity index is 1.76. The van der Waals surface area contributed by atoms with Crippen molar-refractivity contribution in [2.75, 3.05) is 27.2 Å². The predicted molar refractivity (Wildman–Crippen MR) is 106 cm³/mol. The van der Waals surface area contributed by atoms with Crippen LogP contribution in [0.3, 0.4) is 0 Å². The summed E-state index contributed by atoms with van der Waals surface area (Å²) < 4.78 is 0. The Morgan fingerprint density at radius 1 is 1.04 bits per heavy atom. The van der Waals surface area contributed by atoms with E-state index in [9.17, 15) is 9.59 Å². The molecular weight excluding hydrogens is 326 g/mol. The van der Waals surface area contributed by atoms with Gasteiger partial charge in [0, 0.05) is 12.2 Å². The molecule has 0 unspecified atom stereocenters. The predicted octanol–water partition coefficient (Wildman–Crippen LogP) is 2.88. The number of H-pyrrole nitrogens is 1. The van der Waals surface area contributed by atoms with Gasteiger partial charge in [-0.3, -0.25) is 9.59 Å². The second-order valence-corrected chi connectivity index (χ2v) is 6.59. The molecule has 0 radical (unpaired) electrons. The van der Waals surface area contributed by atoms with Gasteiger partial charge in [-0.25, -0.2) is 0 Å². The minimum atomic E-state index is -0.374. The van der Waals surface area contributed by atoms with E-state index >= 15 is 0 Å². The summed E-state index contributed by atoms with van der Waals surface area (Å²) in [4.78, 5) is 29.4. The standard InChI is InChI=1S/C21H23N3O2/c1-24(2)13-5-12-22-20(25)18-10-11-19(23-21(18)26)17-9-8-15-6-3-4-7-16(15)14-17/h3-4,6-11,14H,5,12-13H2,1-2H3,(H,22,25)(H,23,26). The SMILES string of the molecule is CN(C)CCCNC(=O)c1ccc(-c2ccc3ccccc3c2)[nH]c1=O. The highest BCUT2D eigenvalue weighted by Crippen LogP contribution is 2.22. The van der Waals surface area contributed by atoms with Crippen LogP contribution in [0.4, 0.5) is 0 Å². The molecule has 134 valence electrons. The zero-order valence-corrected chi connectivity index (χ0v) is 15.1. The number of carbonyl (C=O) groups is 1. The second-order valence-electron chi connectivity index (χ2n) is 6.59. The van der Waals surface area contributed by atoms with E-state index in [0.29, 0.717) is 12.2 Å². The van der Waals surface area contributed by atoms with Crippen molar-refractivity contribution in [1.29, 1.82) is 0 Å². The smallest absolute Gasteiger partial charge is 0.261 e. The first kappa shape index (κ1) is 17.9. The number of pyridine rings is 1. The van der Waals surface area contributed by atoms with Crippen molar-refractivity contribution in [1.82, 2.24) is 15.2 Å². The zero-order valence-electron chi connectivity index (χ0n) is 15.1. The molecule has 3 aromatic rings. The molecule has 0 fully saturated rings. The quantitative estimate of drug-likeness (QED) is 0.673. The van der Waals surface area contributed by atoms with Crippen LogP contribution in [0, 0.1) is 0 Å². The Morgan fingerprint density at radius 2 is 1.81 bits per heavy atom. The Bertz CT molecular complexity index is 976. The van der Waals surface area contributed by atoms with Gasteiger partial charge in [0.25, 0.3) is 11.5 Å². The first-order valence-electron chi connectivity index (χ1n) is 8.70. The van der Waals surface area contributed by atoms with Crippen LogP contribution in [0.1, 0.15) is 16.8 Å². The fourth-order valence-electron chi connectivity index (χ4n) is 2.87. The van der Waals surface area contributed by atoms with Gasteiger partial charge >= 0.3 is 0 Å². The number of nitrogens with one attached hydrogen (secondary N) is 2. The van der Waals surface area contributed by atoms with Gasteiger partial charge in [0.2, 0.25) is 0 Å². The van der Waals surface area contributed by atoms with Crippen LogP contribution in [0.5, 0.6) is 0 Å². The number of amides is 1. The molecule has 0 aliphatic carbocycles. The number of nitrogens with zero attached hydrogens (tertiary/aromatic N) is 1. The first-order chi connectivity index (χ1) is 12.5. The Kier molecular flexibility index (Phi) is 5.49. The number of aromatic nitrogens is 1. The fourth-order valence-corrected chi connectivity index (χ4v) is 2.87. The fraction of sp³-hybridized carbons (Fsp3) is 0.238. The van der Waals surface area contributed by atoms with E-state index < -0.39 is 0 Å². The molecule has 2 N–H and O–H groups in total. The van der Waals surface area contributed by atoms with Gasteiger partial charge in [-0.1, -0.05) is 36.4 Å². The molecule has 1 amide bonds. The minimum Gasteiger partial charge on any atom is -0.352 e. The van der Waals surface area contributed by atoms with Crippen molar-refractivity contribution in [2.24, 2.45) is 0 Å². The lowest BCUT2D eigenvalue weighted by molar-refractivity contribution is 0.0951. The van der Waals surface area contributed by atoms with Crippen molar-refractivity contribution >= 4 is 16.7 Å². The molecule has 5 heteroatoms. The highest BCUT2D eigenvalue weighted by Gasteiger charge is 2.11. The van der Waals surface area contributed by atoms with Gasteiger partial charge in [-0.2, -0.15) is 0 Å². The molecule has 0 aliphatic heterocycles. The summed E-state index contributed by atoms with van der Waals surface area (Å²) >= 11 is 0. The molecule has 1 aromatic heterocycles. The summed E-state index contributed by atoms with van der Waals surface area (Å²) in [5.41, 5.74) is 1.38. The van der Waals surface area contributed by atoms with Crippen LogP contribution >= 0.6 is 0 Å². The van der Waals surface area contributed by atoms with Crippen LogP contribution in [0.15, 0.2) is 59.4 Å². The molecule has 0 saturated carbocycles. The molecule has 0 aliphatic rings. The van der Waals surface area contributed by atoms with Crippen molar-refractivity contribution in [2.45, 2.75) is 6.42 Å². The average Bonchev–Trinajstić information content (AvgIpc) is 2.64. The van der Waals surface area contributed by atoms with E-state index in [1.807, 2.05) is 56.6 Å². The normalized spacial score (nSPS) is 11.0. The molecule has 1 heterocycles. The molecule has 0 saturated heterocycles. The highest BCUT2D eigenvalue weighted by atomic mass is 16.2. The number of fused-ring (bicyclic) bond motifs is 1. The zero-order chi connectivity index (χ0) is 18.5. The van der Waals surface area contributed by atoms with E-state index in [1.165, 1.54) is 0 Å².